The third kappa shape index (κ3) is 9.42. The molecule has 7 heteroatoms. The highest BCUT2D eigenvalue weighted by atomic mass is 32.2. The van der Waals surface area contributed by atoms with Crippen LogP contribution in [0.2, 0.25) is 0 Å². The van der Waals surface area contributed by atoms with Crippen molar-refractivity contribution in [2.24, 2.45) is 0 Å². The van der Waals surface area contributed by atoms with Crippen LogP contribution in [-0.2, 0) is 38.5 Å². The topological polar surface area (TPSA) is 74.6 Å². The number of nitrogens with zero attached hydrogens (tertiary/aromatic N) is 1. The summed E-state index contributed by atoms with van der Waals surface area (Å²) >= 11 is 1.29. The molecule has 1 aromatic heterocycles. The van der Waals surface area contributed by atoms with Gasteiger partial charge in [-0.25, -0.2) is 4.79 Å². The summed E-state index contributed by atoms with van der Waals surface area (Å²) in [6, 6.07) is 11.4. The van der Waals surface area contributed by atoms with E-state index in [0.29, 0.717) is 12.1 Å². The van der Waals surface area contributed by atoms with Crippen molar-refractivity contribution in [3.63, 3.8) is 0 Å². The van der Waals surface area contributed by atoms with Gasteiger partial charge in [0, 0.05) is 24.6 Å². The van der Waals surface area contributed by atoms with Gasteiger partial charge in [-0.2, -0.15) is 0 Å². The molecule has 0 atom stereocenters. The molecule has 31 heavy (non-hydrogen) atoms. The molecule has 0 aliphatic heterocycles. The van der Waals surface area contributed by atoms with Crippen LogP contribution < -0.4 is 0 Å². The predicted octanol–water partition coefficient (Wildman–Crippen LogP) is 5.16. The normalized spacial score (nSPS) is 11.2. The molecule has 0 spiro atoms. The Labute approximate surface area is 188 Å². The van der Waals surface area contributed by atoms with Crippen molar-refractivity contribution >= 4 is 28.9 Å². The zero-order valence-corrected chi connectivity index (χ0v) is 19.5. The summed E-state index contributed by atoms with van der Waals surface area (Å²) < 4.78 is 12.3. The lowest BCUT2D eigenvalue weighted by molar-refractivity contribution is -0.144. The van der Waals surface area contributed by atoms with Gasteiger partial charge in [-0.05, 0) is 57.2 Å². The molecule has 2 aromatic rings. The average Bonchev–Trinajstić information content (AvgIpc) is 3.11. The van der Waals surface area contributed by atoms with Gasteiger partial charge in [0.2, 0.25) is 0 Å². The van der Waals surface area contributed by atoms with Gasteiger partial charge >= 0.3 is 12.1 Å². The second kappa shape index (κ2) is 11.7. The first-order chi connectivity index (χ1) is 14.6. The average molecular weight is 446 g/mol. The number of aryl methyl sites for hydroxylation is 2. The lowest BCUT2D eigenvalue weighted by Gasteiger charge is -2.20. The summed E-state index contributed by atoms with van der Waals surface area (Å²) in [7, 11) is 0. The summed E-state index contributed by atoms with van der Waals surface area (Å²) in [5.74, 6) is 0.411. The quantitative estimate of drug-likeness (QED) is 0.392. The van der Waals surface area contributed by atoms with Gasteiger partial charge in [-0.3, -0.25) is 14.2 Å². The summed E-state index contributed by atoms with van der Waals surface area (Å²) in [6.45, 7) is 7.23. The Balaban J connectivity index is 1.99. The molecule has 6 nitrogen and oxygen atoms in total. The van der Waals surface area contributed by atoms with Gasteiger partial charge in [-0.15, -0.1) is 0 Å². The minimum Gasteiger partial charge on any atom is -0.461 e. The summed E-state index contributed by atoms with van der Waals surface area (Å²) in [6.07, 6.45) is 3.39. The Hall–Kier alpha value is -2.54. The number of carbonyl (C=O) groups is 3. The molecule has 0 radical (unpaired) electrons. The van der Waals surface area contributed by atoms with Gasteiger partial charge in [0.1, 0.15) is 12.2 Å². The second-order valence-corrected chi connectivity index (χ2v) is 9.55. The molecule has 0 unspecified atom stereocenters. The van der Waals surface area contributed by atoms with Crippen LogP contribution in [0.4, 0.5) is 4.79 Å². The van der Waals surface area contributed by atoms with Crippen LogP contribution in [0.5, 0.6) is 0 Å². The minimum atomic E-state index is -0.620. The van der Waals surface area contributed by atoms with E-state index < -0.39 is 11.7 Å². The number of esters is 1. The monoisotopic (exact) mass is 445 g/mol. The van der Waals surface area contributed by atoms with Crippen molar-refractivity contribution in [2.45, 2.75) is 65.6 Å². The molecule has 2 rings (SSSR count). The molecule has 1 aromatic carbocycles. The maximum Gasteiger partial charge on any atom is 0.418 e. The maximum atomic E-state index is 12.6. The van der Waals surface area contributed by atoms with Gasteiger partial charge in [0.05, 0.1) is 6.42 Å². The van der Waals surface area contributed by atoms with Crippen LogP contribution >= 0.6 is 11.8 Å². The van der Waals surface area contributed by atoms with E-state index in [1.54, 1.807) is 13.1 Å². The van der Waals surface area contributed by atoms with Crippen LogP contribution in [0, 0.1) is 0 Å². The zero-order valence-electron chi connectivity index (χ0n) is 18.7. The van der Waals surface area contributed by atoms with Crippen LogP contribution in [0.25, 0.3) is 0 Å². The fourth-order valence-electron chi connectivity index (χ4n) is 2.91. The molecule has 0 saturated carbocycles. The molecule has 0 aliphatic carbocycles. The van der Waals surface area contributed by atoms with Gasteiger partial charge < -0.3 is 9.47 Å². The van der Waals surface area contributed by atoms with Gasteiger partial charge in [-0.1, -0.05) is 42.1 Å². The molecule has 0 N–H and O–H groups in total. The van der Waals surface area contributed by atoms with E-state index in [1.165, 1.54) is 16.3 Å². The Morgan fingerprint density at radius 3 is 2.39 bits per heavy atom. The van der Waals surface area contributed by atoms with Gasteiger partial charge in [0.15, 0.2) is 5.12 Å². The number of ether oxygens (including phenoxy) is 2. The van der Waals surface area contributed by atoms with Crippen molar-refractivity contribution in [2.75, 3.05) is 5.75 Å². The van der Waals surface area contributed by atoms with E-state index in [4.69, 9.17) is 9.47 Å². The van der Waals surface area contributed by atoms with E-state index in [9.17, 15) is 14.4 Å². The first-order valence-corrected chi connectivity index (χ1v) is 11.4. The van der Waals surface area contributed by atoms with E-state index in [1.807, 2.05) is 57.2 Å². The van der Waals surface area contributed by atoms with E-state index in [2.05, 4.69) is 0 Å². The molecular formula is C24H31NO5S. The Kier molecular flexibility index (Phi) is 9.37. The highest BCUT2D eigenvalue weighted by molar-refractivity contribution is 8.13. The Bertz CT molecular complexity index is 883. The predicted molar refractivity (Wildman–Crippen MR) is 122 cm³/mol. The number of benzene rings is 1. The number of carbonyl (C=O) groups excluding carboxylic acids is 3. The van der Waals surface area contributed by atoms with E-state index >= 15 is 0 Å². The molecule has 0 aliphatic rings. The van der Waals surface area contributed by atoms with Crippen molar-refractivity contribution < 1.29 is 23.9 Å². The lowest BCUT2D eigenvalue weighted by atomic mass is 10.1. The van der Waals surface area contributed by atoms with Crippen molar-refractivity contribution in [3.05, 3.63) is 59.4 Å². The van der Waals surface area contributed by atoms with Gasteiger partial charge in [0.25, 0.3) is 0 Å². The fraction of sp³-hybridized carbons (Fsp3) is 0.458. The third-order valence-corrected chi connectivity index (χ3v) is 5.19. The van der Waals surface area contributed by atoms with E-state index in [-0.39, 0.29) is 24.1 Å². The number of rotatable bonds is 9. The highest BCUT2D eigenvalue weighted by Crippen LogP contribution is 2.18. The van der Waals surface area contributed by atoms with Crippen LogP contribution in [0.1, 0.15) is 57.4 Å². The molecule has 0 bridgehead atoms. The first kappa shape index (κ1) is 24.7. The summed E-state index contributed by atoms with van der Waals surface area (Å²) in [4.78, 5) is 35.9. The van der Waals surface area contributed by atoms with Crippen molar-refractivity contribution in [1.82, 2.24) is 4.57 Å². The van der Waals surface area contributed by atoms with Crippen LogP contribution in [0.15, 0.2) is 42.6 Å². The Morgan fingerprint density at radius 2 is 1.74 bits per heavy atom. The number of hydrogen-bond donors (Lipinski definition) is 0. The SMILES string of the molecule is CC(=O)SCCCc1cc(CCC(=O)OCc2ccccc2)n(C(=O)OC(C)(C)C)c1. The number of hydrogen-bond acceptors (Lipinski definition) is 6. The standard InChI is InChI=1S/C24H31NO5S/c1-18(26)31-14-8-11-20-15-21(25(16-20)23(28)30-24(2,3)4)12-13-22(27)29-17-19-9-6-5-7-10-19/h5-7,9-10,15-16H,8,11-14,17H2,1-4H3. The van der Waals surface area contributed by atoms with Crippen LogP contribution in [-0.4, -0.2) is 33.1 Å². The first-order valence-electron chi connectivity index (χ1n) is 10.4. The fourth-order valence-corrected chi connectivity index (χ4v) is 3.49. The molecule has 0 fully saturated rings. The molecule has 168 valence electrons. The van der Waals surface area contributed by atoms with E-state index in [0.717, 1.165) is 29.7 Å². The lowest BCUT2D eigenvalue weighted by Crippen LogP contribution is -2.27. The highest BCUT2D eigenvalue weighted by Gasteiger charge is 2.21. The number of aromatic nitrogens is 1. The van der Waals surface area contributed by atoms with Crippen molar-refractivity contribution in [3.8, 4) is 0 Å². The zero-order chi connectivity index (χ0) is 22.9. The summed E-state index contributed by atoms with van der Waals surface area (Å²) in [5, 5.41) is 0.0982. The Morgan fingerprint density at radius 1 is 1.03 bits per heavy atom. The van der Waals surface area contributed by atoms with Crippen molar-refractivity contribution in [1.29, 1.82) is 0 Å². The smallest absolute Gasteiger partial charge is 0.418 e. The maximum absolute atomic E-state index is 12.6. The number of thioether (sulfide) groups is 1. The molecule has 0 amide bonds. The minimum absolute atomic E-state index is 0.0982. The summed E-state index contributed by atoms with van der Waals surface area (Å²) in [5.41, 5.74) is 1.99. The van der Waals surface area contributed by atoms with Crippen LogP contribution in [0.3, 0.4) is 0 Å². The third-order valence-electron chi connectivity index (χ3n) is 4.29. The molecule has 0 saturated heterocycles. The second-order valence-electron chi connectivity index (χ2n) is 8.28. The largest absolute Gasteiger partial charge is 0.461 e. The molecular weight excluding hydrogens is 414 g/mol. The molecule has 1 heterocycles.